The van der Waals surface area contributed by atoms with E-state index in [1.807, 2.05) is 24.3 Å². The van der Waals surface area contributed by atoms with Crippen LogP contribution < -0.4 is 15.0 Å². The minimum absolute atomic E-state index is 0.113. The Hall–Kier alpha value is -4.05. The summed E-state index contributed by atoms with van der Waals surface area (Å²) in [5.41, 5.74) is 1.74. The Kier molecular flexibility index (Phi) is 7.28. The Bertz CT molecular complexity index is 1270. The van der Waals surface area contributed by atoms with Crippen molar-refractivity contribution < 1.29 is 18.7 Å². The van der Waals surface area contributed by atoms with Crippen molar-refractivity contribution >= 4 is 29.3 Å². The highest BCUT2D eigenvalue weighted by molar-refractivity contribution is 7.99. The van der Waals surface area contributed by atoms with Crippen molar-refractivity contribution in [3.63, 3.8) is 0 Å². The summed E-state index contributed by atoms with van der Waals surface area (Å²) in [7, 11) is 3.25. The van der Waals surface area contributed by atoms with E-state index in [1.165, 1.54) is 16.7 Å². The summed E-state index contributed by atoms with van der Waals surface area (Å²) in [4.78, 5) is 27.2. The van der Waals surface area contributed by atoms with Crippen molar-refractivity contribution in [3.8, 4) is 11.4 Å². The molecule has 1 N–H and O–H groups in total. The second-order valence-corrected chi connectivity index (χ2v) is 8.15. The number of benzene rings is 2. The minimum atomic E-state index is -0.294. The van der Waals surface area contributed by atoms with Gasteiger partial charge < -0.3 is 19.4 Å². The molecule has 4 aromatic rings. The second kappa shape index (κ2) is 10.7. The summed E-state index contributed by atoms with van der Waals surface area (Å²) in [5.74, 6) is 0.988. The molecule has 9 nitrogen and oxygen atoms in total. The van der Waals surface area contributed by atoms with Gasteiger partial charge >= 0.3 is 0 Å². The van der Waals surface area contributed by atoms with Crippen LogP contribution in [0.5, 0.6) is 5.75 Å². The second-order valence-electron chi connectivity index (χ2n) is 7.21. The van der Waals surface area contributed by atoms with E-state index >= 15 is 0 Å². The van der Waals surface area contributed by atoms with E-state index in [1.54, 1.807) is 67.7 Å². The van der Waals surface area contributed by atoms with Crippen LogP contribution in [0, 0.1) is 0 Å². The smallest absolute Gasteiger partial charge is 0.253 e. The summed E-state index contributed by atoms with van der Waals surface area (Å²) in [6.45, 7) is 0.258. The van der Waals surface area contributed by atoms with Gasteiger partial charge in [-0.3, -0.25) is 14.2 Å². The number of hydrogen-bond donors (Lipinski definition) is 1. The first-order valence-corrected chi connectivity index (χ1v) is 11.4. The molecule has 0 saturated heterocycles. The van der Waals surface area contributed by atoms with Crippen molar-refractivity contribution in [3.05, 3.63) is 84.6 Å². The maximum atomic E-state index is 13.0. The van der Waals surface area contributed by atoms with E-state index in [0.29, 0.717) is 27.9 Å². The number of nitrogens with zero attached hydrogens (tertiary/aromatic N) is 4. The van der Waals surface area contributed by atoms with Crippen LogP contribution in [-0.4, -0.2) is 46.5 Å². The highest BCUT2D eigenvalue weighted by atomic mass is 32.2. The van der Waals surface area contributed by atoms with Crippen molar-refractivity contribution in [1.82, 2.24) is 20.1 Å². The first kappa shape index (κ1) is 23.1. The molecule has 0 atom stereocenters. The van der Waals surface area contributed by atoms with Gasteiger partial charge in [-0.2, -0.15) is 0 Å². The van der Waals surface area contributed by atoms with E-state index in [4.69, 9.17) is 9.15 Å². The predicted octanol–water partition coefficient (Wildman–Crippen LogP) is 3.55. The Labute approximate surface area is 200 Å². The molecular weight excluding hydrogens is 454 g/mol. The summed E-state index contributed by atoms with van der Waals surface area (Å²) in [5, 5.41) is 11.5. The lowest BCUT2D eigenvalue weighted by atomic mass is 10.1. The van der Waals surface area contributed by atoms with Crippen LogP contribution in [0.25, 0.3) is 5.69 Å². The van der Waals surface area contributed by atoms with E-state index in [0.717, 1.165) is 5.69 Å². The highest BCUT2D eigenvalue weighted by Gasteiger charge is 2.20. The highest BCUT2D eigenvalue weighted by Crippen LogP contribution is 2.24. The average Bonchev–Trinajstić information content (AvgIpc) is 3.57. The number of nitrogens with one attached hydrogen (secondary N) is 1. The Morgan fingerprint density at radius 3 is 2.79 bits per heavy atom. The molecule has 0 bridgehead atoms. The fourth-order valence-corrected chi connectivity index (χ4v) is 4.09. The van der Waals surface area contributed by atoms with Crippen molar-refractivity contribution in [2.24, 2.45) is 0 Å². The minimum Gasteiger partial charge on any atom is -0.497 e. The number of ether oxygens (including phenoxy) is 1. The molecule has 2 aromatic carbocycles. The molecule has 2 amide bonds. The molecule has 2 heterocycles. The third-order valence-corrected chi connectivity index (χ3v) is 5.99. The van der Waals surface area contributed by atoms with Gasteiger partial charge in [-0.1, -0.05) is 30.0 Å². The third-order valence-electron chi connectivity index (χ3n) is 5.06. The number of thioether (sulfide) groups is 1. The molecule has 0 fully saturated rings. The SMILES string of the molecule is COc1cccc(-n2cnnc2SCC(=O)N(C)c2ccccc2C(=O)NCc2ccco2)c1. The van der Waals surface area contributed by atoms with Crippen LogP contribution in [0.1, 0.15) is 16.1 Å². The largest absolute Gasteiger partial charge is 0.497 e. The van der Waals surface area contributed by atoms with Crippen molar-refractivity contribution in [2.45, 2.75) is 11.7 Å². The molecule has 0 aliphatic rings. The molecule has 0 saturated carbocycles. The van der Waals surface area contributed by atoms with Gasteiger partial charge in [0.2, 0.25) is 5.91 Å². The van der Waals surface area contributed by atoms with Crippen LogP contribution in [0.4, 0.5) is 5.69 Å². The van der Waals surface area contributed by atoms with E-state index in [9.17, 15) is 9.59 Å². The first-order valence-electron chi connectivity index (χ1n) is 10.4. The zero-order chi connectivity index (χ0) is 23.9. The molecule has 2 aromatic heterocycles. The maximum Gasteiger partial charge on any atom is 0.253 e. The monoisotopic (exact) mass is 477 g/mol. The summed E-state index contributed by atoms with van der Waals surface area (Å²) < 4.78 is 12.3. The summed E-state index contributed by atoms with van der Waals surface area (Å²) in [6, 6.07) is 18.0. The van der Waals surface area contributed by atoms with Gasteiger partial charge in [0.15, 0.2) is 5.16 Å². The van der Waals surface area contributed by atoms with Gasteiger partial charge in [-0.05, 0) is 36.4 Å². The Morgan fingerprint density at radius 1 is 1.15 bits per heavy atom. The molecule has 174 valence electrons. The number of furan rings is 1. The van der Waals surface area contributed by atoms with Crippen molar-refractivity contribution in [1.29, 1.82) is 0 Å². The lowest BCUT2D eigenvalue weighted by Gasteiger charge is -2.20. The number of amides is 2. The fraction of sp³-hybridized carbons (Fsp3) is 0.167. The van der Waals surface area contributed by atoms with Gasteiger partial charge in [0.25, 0.3) is 5.91 Å². The fourth-order valence-electron chi connectivity index (χ4n) is 3.25. The summed E-state index contributed by atoms with van der Waals surface area (Å²) >= 11 is 1.26. The lowest BCUT2D eigenvalue weighted by molar-refractivity contribution is -0.115. The van der Waals surface area contributed by atoms with E-state index in [2.05, 4.69) is 15.5 Å². The normalized spacial score (nSPS) is 10.6. The van der Waals surface area contributed by atoms with Gasteiger partial charge in [-0.15, -0.1) is 10.2 Å². The standard InChI is InChI=1S/C24H23N5O4S/c1-28(21-11-4-3-10-20(21)23(31)25-14-19-9-6-12-33-19)22(30)15-34-24-27-26-16-29(24)17-7-5-8-18(13-17)32-2/h3-13,16H,14-15H2,1-2H3,(H,25,31). The number of carbonyl (C=O) groups excluding carboxylic acids is 2. The molecule has 34 heavy (non-hydrogen) atoms. The number of anilines is 1. The zero-order valence-corrected chi connectivity index (χ0v) is 19.5. The Balaban J connectivity index is 1.43. The molecule has 10 heteroatoms. The van der Waals surface area contributed by atoms with Gasteiger partial charge in [0, 0.05) is 13.1 Å². The van der Waals surface area contributed by atoms with Crippen LogP contribution in [0.15, 0.2) is 82.8 Å². The number of hydrogen-bond acceptors (Lipinski definition) is 7. The number of methoxy groups -OCH3 is 1. The third kappa shape index (κ3) is 5.29. The molecule has 0 spiro atoms. The number of aromatic nitrogens is 3. The number of para-hydroxylation sites is 1. The molecular formula is C24H23N5O4S. The molecule has 4 rings (SSSR count). The lowest BCUT2D eigenvalue weighted by Crippen LogP contribution is -2.31. The predicted molar refractivity (Wildman–Crippen MR) is 128 cm³/mol. The van der Waals surface area contributed by atoms with Crippen LogP contribution in [0.3, 0.4) is 0 Å². The van der Waals surface area contributed by atoms with Crippen LogP contribution >= 0.6 is 11.8 Å². The summed E-state index contributed by atoms with van der Waals surface area (Å²) in [6.07, 6.45) is 3.14. The van der Waals surface area contributed by atoms with E-state index in [-0.39, 0.29) is 24.1 Å². The quantitative estimate of drug-likeness (QED) is 0.368. The van der Waals surface area contributed by atoms with Gasteiger partial charge in [-0.25, -0.2) is 0 Å². The van der Waals surface area contributed by atoms with Gasteiger partial charge in [0.05, 0.1) is 42.6 Å². The zero-order valence-electron chi connectivity index (χ0n) is 18.7. The average molecular weight is 478 g/mol. The molecule has 0 aliphatic heterocycles. The topological polar surface area (TPSA) is 102 Å². The first-order chi connectivity index (χ1) is 16.6. The molecule has 0 unspecified atom stereocenters. The van der Waals surface area contributed by atoms with E-state index < -0.39 is 0 Å². The number of rotatable bonds is 9. The molecule has 0 aliphatic carbocycles. The van der Waals surface area contributed by atoms with Crippen molar-refractivity contribution in [2.75, 3.05) is 24.8 Å². The molecule has 0 radical (unpaired) electrons. The Morgan fingerprint density at radius 2 is 2.00 bits per heavy atom. The van der Waals surface area contributed by atoms with Crippen LogP contribution in [0.2, 0.25) is 0 Å². The van der Waals surface area contributed by atoms with Crippen LogP contribution in [-0.2, 0) is 11.3 Å². The maximum absolute atomic E-state index is 13.0. The number of carbonyl (C=O) groups is 2. The van der Waals surface area contributed by atoms with Gasteiger partial charge in [0.1, 0.15) is 17.8 Å².